The number of non-ortho nitro benzene ring substituents is 1. The average Bonchev–Trinajstić information content (AvgIpc) is 3.14. The first-order valence-corrected chi connectivity index (χ1v) is 9.37. The van der Waals surface area contributed by atoms with E-state index in [2.05, 4.69) is 20.6 Å². The Balaban J connectivity index is 0.00000420. The van der Waals surface area contributed by atoms with Gasteiger partial charge in [-0.05, 0) is 24.8 Å². The third kappa shape index (κ3) is 8.51. The Hall–Kier alpha value is -1.96. The number of hydrogen-bond acceptors (Lipinski definition) is 5. The van der Waals surface area contributed by atoms with Crippen LogP contribution in [0.3, 0.4) is 0 Å². The normalized spacial score (nSPS) is 11.7. The van der Waals surface area contributed by atoms with Gasteiger partial charge in [0.1, 0.15) is 5.01 Å². The van der Waals surface area contributed by atoms with E-state index in [-0.39, 0.29) is 36.2 Å². The van der Waals surface area contributed by atoms with Crippen LogP contribution in [0.5, 0.6) is 0 Å². The van der Waals surface area contributed by atoms with Crippen LogP contribution in [-0.2, 0) is 19.1 Å². The van der Waals surface area contributed by atoms with Gasteiger partial charge < -0.3 is 10.6 Å². The number of rotatable bonds is 8. The molecule has 7 nitrogen and oxygen atoms in total. The number of aryl methyl sites for hydroxylation is 1. The number of nitro benzene ring substituents is 1. The van der Waals surface area contributed by atoms with Crippen LogP contribution in [-0.4, -0.2) is 29.5 Å². The predicted octanol–water partition coefficient (Wildman–Crippen LogP) is 4.38. The standard InChI is InChI=1S/C17H20F3N5O2S.HI/c1-21-16(23-10-15-24-14(11-28-15)17(18,19)20)22-9-3-2-4-12-5-7-13(8-6-12)25(26)27;/h5-8,11H,2-4,9-10H2,1H3,(H2,21,22,23);1H. The quantitative estimate of drug-likeness (QED) is 0.129. The van der Waals surface area contributed by atoms with Crippen LogP contribution in [0.25, 0.3) is 0 Å². The molecule has 1 aromatic heterocycles. The molecule has 0 bridgehead atoms. The predicted molar refractivity (Wildman–Crippen MR) is 117 cm³/mol. The largest absolute Gasteiger partial charge is 0.434 e. The first kappa shape index (κ1) is 25.1. The Kier molecular flexibility index (Phi) is 10.3. The van der Waals surface area contributed by atoms with Crippen LogP contribution in [0, 0.1) is 10.1 Å². The molecular weight excluding hydrogens is 522 g/mol. The molecule has 0 radical (unpaired) electrons. The van der Waals surface area contributed by atoms with Crippen LogP contribution >= 0.6 is 35.3 Å². The third-order valence-electron chi connectivity index (χ3n) is 3.80. The highest BCUT2D eigenvalue weighted by atomic mass is 127. The van der Waals surface area contributed by atoms with Gasteiger partial charge >= 0.3 is 6.18 Å². The molecule has 12 heteroatoms. The zero-order chi connectivity index (χ0) is 20.6. The minimum absolute atomic E-state index is 0. The highest BCUT2D eigenvalue weighted by molar-refractivity contribution is 14.0. The molecule has 0 fully saturated rings. The summed E-state index contributed by atoms with van der Waals surface area (Å²) < 4.78 is 37.6. The first-order valence-electron chi connectivity index (χ1n) is 8.49. The van der Waals surface area contributed by atoms with Crippen LogP contribution in [0.15, 0.2) is 34.6 Å². The van der Waals surface area contributed by atoms with E-state index >= 15 is 0 Å². The van der Waals surface area contributed by atoms with Crippen LogP contribution in [0.4, 0.5) is 18.9 Å². The van der Waals surface area contributed by atoms with Gasteiger partial charge in [-0.2, -0.15) is 13.2 Å². The van der Waals surface area contributed by atoms with E-state index in [1.54, 1.807) is 19.2 Å². The smallest absolute Gasteiger partial charge is 0.356 e. The highest BCUT2D eigenvalue weighted by Crippen LogP contribution is 2.29. The van der Waals surface area contributed by atoms with Crippen LogP contribution in [0.1, 0.15) is 29.1 Å². The summed E-state index contributed by atoms with van der Waals surface area (Å²) in [4.78, 5) is 17.8. The molecule has 29 heavy (non-hydrogen) atoms. The number of halogens is 4. The van der Waals surface area contributed by atoms with E-state index in [0.29, 0.717) is 17.5 Å². The number of guanidine groups is 1. The second-order valence-corrected chi connectivity index (χ2v) is 6.80. The molecule has 0 aliphatic heterocycles. The van der Waals surface area contributed by atoms with E-state index in [1.807, 2.05) is 0 Å². The van der Waals surface area contributed by atoms with Crippen molar-refractivity contribution >= 4 is 47.0 Å². The third-order valence-corrected chi connectivity index (χ3v) is 4.65. The van der Waals surface area contributed by atoms with Crippen molar-refractivity contribution in [3.63, 3.8) is 0 Å². The number of benzene rings is 1. The number of unbranched alkanes of at least 4 members (excludes halogenated alkanes) is 1. The molecule has 0 amide bonds. The van der Waals surface area contributed by atoms with E-state index in [9.17, 15) is 23.3 Å². The summed E-state index contributed by atoms with van der Waals surface area (Å²) in [6.45, 7) is 0.793. The average molecular weight is 543 g/mol. The number of nitrogens with zero attached hydrogens (tertiary/aromatic N) is 3. The molecule has 0 spiro atoms. The minimum Gasteiger partial charge on any atom is -0.356 e. The molecule has 160 valence electrons. The van der Waals surface area contributed by atoms with Crippen molar-refractivity contribution in [3.05, 3.63) is 56.0 Å². The second-order valence-electron chi connectivity index (χ2n) is 5.86. The monoisotopic (exact) mass is 543 g/mol. The lowest BCUT2D eigenvalue weighted by Gasteiger charge is -2.10. The Labute approximate surface area is 187 Å². The Morgan fingerprint density at radius 2 is 1.93 bits per heavy atom. The maximum atomic E-state index is 12.5. The van der Waals surface area contributed by atoms with E-state index in [4.69, 9.17) is 0 Å². The van der Waals surface area contributed by atoms with Crippen LogP contribution < -0.4 is 10.6 Å². The molecule has 0 saturated heterocycles. The molecule has 0 saturated carbocycles. The molecule has 2 rings (SSSR count). The van der Waals surface area contributed by atoms with Crippen molar-refractivity contribution in [1.29, 1.82) is 0 Å². The molecule has 1 aromatic carbocycles. The topological polar surface area (TPSA) is 92.5 Å². The SMILES string of the molecule is CN=C(NCCCCc1ccc([N+](=O)[O-])cc1)NCc1nc(C(F)(F)F)cs1.I. The summed E-state index contributed by atoms with van der Waals surface area (Å²) >= 11 is 0.943. The summed E-state index contributed by atoms with van der Waals surface area (Å²) in [5.74, 6) is 0.485. The van der Waals surface area contributed by atoms with Crippen molar-refractivity contribution < 1.29 is 18.1 Å². The summed E-state index contributed by atoms with van der Waals surface area (Å²) in [6.07, 6.45) is -1.92. The number of alkyl halides is 3. The summed E-state index contributed by atoms with van der Waals surface area (Å²) in [7, 11) is 1.58. The van der Waals surface area contributed by atoms with Gasteiger partial charge in [0.2, 0.25) is 0 Å². The molecule has 0 atom stereocenters. The Morgan fingerprint density at radius 1 is 1.24 bits per heavy atom. The number of nitrogens with one attached hydrogen (secondary N) is 2. The summed E-state index contributed by atoms with van der Waals surface area (Å²) in [5.41, 5.74) is 0.212. The fraction of sp³-hybridized carbons (Fsp3) is 0.412. The molecular formula is C17H21F3IN5O2S. The highest BCUT2D eigenvalue weighted by Gasteiger charge is 2.33. The van der Waals surface area contributed by atoms with Crippen molar-refractivity contribution in [2.24, 2.45) is 4.99 Å². The fourth-order valence-electron chi connectivity index (χ4n) is 2.35. The lowest BCUT2D eigenvalue weighted by molar-refractivity contribution is -0.384. The maximum absolute atomic E-state index is 12.5. The number of nitro groups is 1. The minimum atomic E-state index is -4.43. The first-order chi connectivity index (χ1) is 13.3. The van der Waals surface area contributed by atoms with Crippen molar-refractivity contribution in [2.75, 3.05) is 13.6 Å². The van der Waals surface area contributed by atoms with E-state index in [0.717, 1.165) is 41.5 Å². The second kappa shape index (κ2) is 11.9. The Morgan fingerprint density at radius 3 is 2.48 bits per heavy atom. The van der Waals surface area contributed by atoms with Gasteiger partial charge in [0.25, 0.3) is 5.69 Å². The Bertz CT molecular complexity index is 812. The van der Waals surface area contributed by atoms with Gasteiger partial charge in [-0.1, -0.05) is 12.1 Å². The number of aliphatic imine (C=N–C) groups is 1. The zero-order valence-corrected chi connectivity index (χ0v) is 18.7. The molecule has 0 aliphatic rings. The zero-order valence-electron chi connectivity index (χ0n) is 15.5. The van der Waals surface area contributed by atoms with Crippen molar-refractivity contribution in [2.45, 2.75) is 32.0 Å². The molecule has 2 N–H and O–H groups in total. The van der Waals surface area contributed by atoms with Gasteiger partial charge in [-0.25, -0.2) is 4.98 Å². The van der Waals surface area contributed by atoms with Crippen molar-refractivity contribution in [3.8, 4) is 0 Å². The van der Waals surface area contributed by atoms with E-state index < -0.39 is 16.8 Å². The fourth-order valence-corrected chi connectivity index (χ4v) is 3.09. The summed E-state index contributed by atoms with van der Waals surface area (Å²) in [6, 6.07) is 6.47. The summed E-state index contributed by atoms with van der Waals surface area (Å²) in [5, 5.41) is 18.0. The lowest BCUT2D eigenvalue weighted by Crippen LogP contribution is -2.37. The van der Waals surface area contributed by atoms with Gasteiger partial charge in [0.05, 0.1) is 11.5 Å². The molecule has 0 aliphatic carbocycles. The van der Waals surface area contributed by atoms with Gasteiger partial charge in [-0.15, -0.1) is 35.3 Å². The number of hydrogen-bond donors (Lipinski definition) is 2. The van der Waals surface area contributed by atoms with Gasteiger partial charge in [0, 0.05) is 31.1 Å². The number of aromatic nitrogens is 1. The number of thiazole rings is 1. The van der Waals surface area contributed by atoms with Crippen LogP contribution in [0.2, 0.25) is 0 Å². The van der Waals surface area contributed by atoms with Crippen molar-refractivity contribution in [1.82, 2.24) is 15.6 Å². The van der Waals surface area contributed by atoms with Gasteiger partial charge in [-0.3, -0.25) is 15.1 Å². The molecule has 2 aromatic rings. The molecule has 1 heterocycles. The lowest BCUT2D eigenvalue weighted by atomic mass is 10.1. The van der Waals surface area contributed by atoms with E-state index in [1.165, 1.54) is 12.1 Å². The maximum Gasteiger partial charge on any atom is 0.434 e. The molecule has 0 unspecified atom stereocenters. The van der Waals surface area contributed by atoms with Gasteiger partial charge in [0.15, 0.2) is 11.7 Å².